The van der Waals surface area contributed by atoms with Crippen molar-refractivity contribution in [2.24, 2.45) is 0 Å². The van der Waals surface area contributed by atoms with E-state index in [4.69, 9.17) is 30.3 Å². The molecule has 0 amide bonds. The van der Waals surface area contributed by atoms with E-state index in [9.17, 15) is 4.79 Å². The molecule has 0 fully saturated rings. The highest BCUT2D eigenvalue weighted by Gasteiger charge is 2.16. The van der Waals surface area contributed by atoms with Gasteiger partial charge in [0.15, 0.2) is 17.3 Å². The van der Waals surface area contributed by atoms with Gasteiger partial charge in [-0.15, -0.1) is 0 Å². The number of aromatic nitrogens is 1. The van der Waals surface area contributed by atoms with Crippen LogP contribution in [0.3, 0.4) is 0 Å². The maximum Gasteiger partial charge on any atom is 0.310 e. The summed E-state index contributed by atoms with van der Waals surface area (Å²) in [6, 6.07) is 14.4. The first-order valence-electron chi connectivity index (χ1n) is 7.94. The molecule has 0 bridgehead atoms. The first-order valence-corrected chi connectivity index (χ1v) is 8.31. The van der Waals surface area contributed by atoms with E-state index >= 15 is 0 Å². The second-order valence-corrected chi connectivity index (χ2v) is 6.09. The van der Waals surface area contributed by atoms with E-state index in [1.54, 1.807) is 18.2 Å². The monoisotopic (exact) mass is 371 g/mol. The highest BCUT2D eigenvalue weighted by atomic mass is 35.5. The van der Waals surface area contributed by atoms with Crippen molar-refractivity contribution in [3.05, 3.63) is 64.8 Å². The Kier molecular flexibility index (Phi) is 4.50. The third-order valence-corrected chi connectivity index (χ3v) is 4.26. The number of nitrogens with zero attached hydrogens (tertiary/aromatic N) is 1. The van der Waals surface area contributed by atoms with Crippen LogP contribution in [0, 0.1) is 0 Å². The van der Waals surface area contributed by atoms with Crippen molar-refractivity contribution in [2.45, 2.75) is 13.0 Å². The van der Waals surface area contributed by atoms with Crippen LogP contribution in [0.15, 0.2) is 53.1 Å². The van der Waals surface area contributed by atoms with Crippen molar-refractivity contribution in [2.75, 3.05) is 6.79 Å². The Labute approximate surface area is 154 Å². The molecule has 2 aromatic carbocycles. The Bertz CT molecular complexity index is 953. The van der Waals surface area contributed by atoms with Crippen molar-refractivity contribution in [1.82, 2.24) is 5.16 Å². The summed E-state index contributed by atoms with van der Waals surface area (Å²) in [5, 5.41) is 4.47. The van der Waals surface area contributed by atoms with Crippen LogP contribution in [-0.4, -0.2) is 17.9 Å². The molecule has 0 unspecified atom stereocenters. The van der Waals surface area contributed by atoms with E-state index in [0.29, 0.717) is 28.0 Å². The predicted octanol–water partition coefficient (Wildman–Crippen LogP) is 4.01. The fourth-order valence-corrected chi connectivity index (χ4v) is 2.77. The number of hydrogen-bond donors (Lipinski definition) is 0. The number of rotatable bonds is 5. The van der Waals surface area contributed by atoms with E-state index in [-0.39, 0.29) is 25.8 Å². The second kappa shape index (κ2) is 7.09. The number of carbonyl (C=O) groups is 1. The molecule has 0 saturated heterocycles. The first kappa shape index (κ1) is 16.5. The number of ether oxygens (including phenoxy) is 3. The molecule has 7 heteroatoms. The molecule has 132 valence electrons. The standard InChI is InChI=1S/C19H14ClNO5/c20-15-4-2-1-3-12(15)8-19(22)23-10-14-9-17(26-21-14)13-5-6-16-18(7-13)25-11-24-16/h1-7,9H,8,10-11H2. The summed E-state index contributed by atoms with van der Waals surface area (Å²) in [6.07, 6.45) is 0.104. The number of benzene rings is 2. The summed E-state index contributed by atoms with van der Waals surface area (Å²) in [4.78, 5) is 12.0. The zero-order chi connectivity index (χ0) is 17.9. The maximum atomic E-state index is 12.0. The largest absolute Gasteiger partial charge is 0.459 e. The molecule has 1 aliphatic heterocycles. The lowest BCUT2D eigenvalue weighted by atomic mass is 10.1. The SMILES string of the molecule is O=C(Cc1ccccc1Cl)OCc1cc(-c2ccc3c(c2)OCO3)on1. The van der Waals surface area contributed by atoms with Crippen molar-refractivity contribution >= 4 is 17.6 Å². The van der Waals surface area contributed by atoms with Gasteiger partial charge in [0.25, 0.3) is 0 Å². The van der Waals surface area contributed by atoms with Crippen LogP contribution in [-0.2, 0) is 22.6 Å². The van der Waals surface area contributed by atoms with Crippen molar-refractivity contribution in [3.8, 4) is 22.8 Å². The van der Waals surface area contributed by atoms with E-state index in [1.165, 1.54) is 0 Å². The Morgan fingerprint density at radius 1 is 1.12 bits per heavy atom. The highest BCUT2D eigenvalue weighted by Crippen LogP contribution is 2.36. The van der Waals surface area contributed by atoms with Gasteiger partial charge in [-0.05, 0) is 29.8 Å². The van der Waals surface area contributed by atoms with Gasteiger partial charge in [0, 0.05) is 16.7 Å². The molecule has 0 spiro atoms. The number of halogens is 1. The summed E-state index contributed by atoms with van der Waals surface area (Å²) < 4.78 is 21.2. The van der Waals surface area contributed by atoms with Gasteiger partial charge in [-0.3, -0.25) is 4.79 Å². The topological polar surface area (TPSA) is 70.8 Å². The number of carbonyl (C=O) groups excluding carboxylic acids is 1. The zero-order valence-corrected chi connectivity index (χ0v) is 14.4. The number of fused-ring (bicyclic) bond motifs is 1. The average Bonchev–Trinajstić information content (AvgIpc) is 3.30. The summed E-state index contributed by atoms with van der Waals surface area (Å²) in [5.74, 6) is 1.53. The van der Waals surface area contributed by atoms with Crippen LogP contribution in [0.25, 0.3) is 11.3 Å². The third-order valence-electron chi connectivity index (χ3n) is 3.89. The van der Waals surface area contributed by atoms with Crippen LogP contribution in [0.2, 0.25) is 5.02 Å². The Hall–Kier alpha value is -2.99. The highest BCUT2D eigenvalue weighted by molar-refractivity contribution is 6.31. The lowest BCUT2D eigenvalue weighted by molar-refractivity contribution is -0.144. The van der Waals surface area contributed by atoms with Gasteiger partial charge >= 0.3 is 5.97 Å². The minimum atomic E-state index is -0.384. The normalized spacial score (nSPS) is 12.2. The van der Waals surface area contributed by atoms with Gasteiger partial charge < -0.3 is 18.7 Å². The minimum absolute atomic E-state index is 0.0251. The van der Waals surface area contributed by atoms with E-state index in [1.807, 2.05) is 30.3 Å². The van der Waals surface area contributed by atoms with Crippen LogP contribution in [0.5, 0.6) is 11.5 Å². The molecule has 0 saturated carbocycles. The number of hydrogen-bond acceptors (Lipinski definition) is 6. The first-order chi connectivity index (χ1) is 12.7. The summed E-state index contributed by atoms with van der Waals surface area (Å²) >= 11 is 6.04. The molecule has 2 heterocycles. The summed E-state index contributed by atoms with van der Waals surface area (Å²) in [6.45, 7) is 0.235. The molecule has 1 aromatic heterocycles. The average molecular weight is 372 g/mol. The van der Waals surface area contributed by atoms with Crippen LogP contribution in [0.1, 0.15) is 11.3 Å². The van der Waals surface area contributed by atoms with E-state index < -0.39 is 0 Å². The molecule has 0 radical (unpaired) electrons. The second-order valence-electron chi connectivity index (χ2n) is 5.68. The Balaban J connectivity index is 1.38. The lowest BCUT2D eigenvalue weighted by Gasteiger charge is -2.04. The number of esters is 1. The van der Waals surface area contributed by atoms with Gasteiger partial charge in [-0.25, -0.2) is 0 Å². The molecule has 3 aromatic rings. The predicted molar refractivity (Wildman–Crippen MR) is 93.0 cm³/mol. The molecular formula is C19H14ClNO5. The Morgan fingerprint density at radius 3 is 2.85 bits per heavy atom. The fourth-order valence-electron chi connectivity index (χ4n) is 2.57. The fraction of sp³-hybridized carbons (Fsp3) is 0.158. The summed E-state index contributed by atoms with van der Waals surface area (Å²) in [7, 11) is 0. The smallest absolute Gasteiger partial charge is 0.310 e. The van der Waals surface area contributed by atoms with Gasteiger partial charge in [0.05, 0.1) is 6.42 Å². The van der Waals surface area contributed by atoms with Gasteiger partial charge in [-0.2, -0.15) is 0 Å². The molecular weight excluding hydrogens is 358 g/mol. The van der Waals surface area contributed by atoms with Crippen LogP contribution in [0.4, 0.5) is 0 Å². The van der Waals surface area contributed by atoms with Crippen molar-refractivity contribution in [3.63, 3.8) is 0 Å². The molecule has 1 aliphatic rings. The molecule has 0 aliphatic carbocycles. The Morgan fingerprint density at radius 2 is 1.96 bits per heavy atom. The minimum Gasteiger partial charge on any atom is -0.459 e. The van der Waals surface area contributed by atoms with Crippen molar-refractivity contribution in [1.29, 1.82) is 0 Å². The van der Waals surface area contributed by atoms with Gasteiger partial charge in [0.2, 0.25) is 6.79 Å². The summed E-state index contributed by atoms with van der Waals surface area (Å²) in [5.41, 5.74) is 2.04. The van der Waals surface area contributed by atoms with Crippen LogP contribution >= 0.6 is 11.6 Å². The quantitative estimate of drug-likeness (QED) is 0.631. The maximum absolute atomic E-state index is 12.0. The molecule has 26 heavy (non-hydrogen) atoms. The van der Waals surface area contributed by atoms with E-state index in [0.717, 1.165) is 11.1 Å². The van der Waals surface area contributed by atoms with Crippen LogP contribution < -0.4 is 9.47 Å². The van der Waals surface area contributed by atoms with Gasteiger partial charge in [0.1, 0.15) is 12.3 Å². The van der Waals surface area contributed by atoms with Crippen molar-refractivity contribution < 1.29 is 23.5 Å². The lowest BCUT2D eigenvalue weighted by Crippen LogP contribution is -2.08. The zero-order valence-electron chi connectivity index (χ0n) is 13.6. The molecule has 0 atom stereocenters. The molecule has 6 nitrogen and oxygen atoms in total. The third kappa shape index (κ3) is 3.50. The molecule has 0 N–H and O–H groups in total. The molecule has 4 rings (SSSR count). The van der Waals surface area contributed by atoms with Gasteiger partial charge in [-0.1, -0.05) is 35.0 Å². The van der Waals surface area contributed by atoms with E-state index in [2.05, 4.69) is 5.16 Å².